The van der Waals surface area contributed by atoms with Crippen LogP contribution in [0.5, 0.6) is 0 Å². The van der Waals surface area contributed by atoms with Crippen molar-refractivity contribution in [1.82, 2.24) is 18.7 Å². The van der Waals surface area contributed by atoms with Gasteiger partial charge in [-0.2, -0.15) is 0 Å². The fourth-order valence-corrected chi connectivity index (χ4v) is 4.56. The Balaban J connectivity index is 1.70. The van der Waals surface area contributed by atoms with E-state index in [9.17, 15) is 14.4 Å². The van der Waals surface area contributed by atoms with E-state index in [0.717, 1.165) is 26.9 Å². The highest BCUT2D eigenvalue weighted by Crippen LogP contribution is 2.24. The average Bonchev–Trinajstić information content (AvgIpc) is 3.16. The molecule has 4 rings (SSSR count). The second-order valence-electron chi connectivity index (χ2n) is 7.95. The van der Waals surface area contributed by atoms with Crippen LogP contribution in [0.2, 0.25) is 0 Å². The number of anilines is 1. The predicted octanol–water partition coefficient (Wildman–Crippen LogP) is 2.83. The molecule has 0 unspecified atom stereocenters. The maximum atomic E-state index is 13.0. The van der Waals surface area contributed by atoms with Crippen molar-refractivity contribution in [2.75, 3.05) is 11.1 Å². The number of fused-ring (bicyclic) bond motifs is 1. The van der Waals surface area contributed by atoms with Crippen LogP contribution in [-0.4, -0.2) is 30.3 Å². The molecule has 1 N–H and O–H groups in total. The molecule has 8 nitrogen and oxygen atoms in total. The van der Waals surface area contributed by atoms with E-state index in [1.165, 1.54) is 23.4 Å². The van der Waals surface area contributed by atoms with Gasteiger partial charge in [-0.05, 0) is 30.5 Å². The lowest BCUT2D eigenvalue weighted by molar-refractivity contribution is -0.113. The summed E-state index contributed by atoms with van der Waals surface area (Å²) in [6, 6.07) is 15.5. The Hall–Kier alpha value is -3.59. The van der Waals surface area contributed by atoms with E-state index in [0.29, 0.717) is 22.9 Å². The molecule has 0 saturated carbocycles. The van der Waals surface area contributed by atoms with Gasteiger partial charge in [0.05, 0.1) is 12.3 Å². The number of carbonyl (C=O) groups excluding carboxylic acids is 1. The third-order valence-corrected chi connectivity index (χ3v) is 6.55. The van der Waals surface area contributed by atoms with Gasteiger partial charge in [-0.15, -0.1) is 0 Å². The number of hydrogen-bond acceptors (Lipinski definition) is 5. The fourth-order valence-electron chi connectivity index (χ4n) is 3.77. The number of imidazole rings is 1. The quantitative estimate of drug-likeness (QED) is 0.444. The zero-order chi connectivity index (χ0) is 23.7. The molecule has 33 heavy (non-hydrogen) atoms. The molecule has 0 bridgehead atoms. The topological polar surface area (TPSA) is 90.9 Å². The zero-order valence-electron chi connectivity index (χ0n) is 19.0. The van der Waals surface area contributed by atoms with E-state index in [-0.39, 0.29) is 11.7 Å². The molecule has 1 amide bonds. The Kier molecular flexibility index (Phi) is 6.24. The Labute approximate surface area is 194 Å². The molecule has 4 aromatic rings. The van der Waals surface area contributed by atoms with Gasteiger partial charge in [-0.25, -0.2) is 9.78 Å². The Morgan fingerprint density at radius 3 is 2.30 bits per heavy atom. The van der Waals surface area contributed by atoms with Crippen LogP contribution in [0, 0.1) is 13.8 Å². The summed E-state index contributed by atoms with van der Waals surface area (Å²) in [6.45, 7) is 4.29. The third-order valence-electron chi connectivity index (χ3n) is 5.57. The molecule has 0 fully saturated rings. The lowest BCUT2D eigenvalue weighted by Gasteiger charge is -2.12. The van der Waals surface area contributed by atoms with Crippen molar-refractivity contribution >= 4 is 34.5 Å². The highest BCUT2D eigenvalue weighted by atomic mass is 32.2. The number of nitrogens with zero attached hydrogens (tertiary/aromatic N) is 4. The number of aromatic nitrogens is 4. The van der Waals surface area contributed by atoms with Gasteiger partial charge >= 0.3 is 5.69 Å². The van der Waals surface area contributed by atoms with Crippen LogP contribution >= 0.6 is 11.8 Å². The third kappa shape index (κ3) is 4.36. The zero-order valence-corrected chi connectivity index (χ0v) is 19.8. The molecule has 2 aromatic heterocycles. The number of rotatable bonds is 6. The monoisotopic (exact) mass is 463 g/mol. The first-order valence-electron chi connectivity index (χ1n) is 10.5. The Morgan fingerprint density at radius 2 is 1.64 bits per heavy atom. The molecule has 0 saturated heterocycles. The number of amides is 1. The molecule has 0 aliphatic heterocycles. The normalized spacial score (nSPS) is 11.2. The molecule has 0 spiro atoms. The molecule has 0 aliphatic carbocycles. The highest BCUT2D eigenvalue weighted by molar-refractivity contribution is 7.99. The van der Waals surface area contributed by atoms with E-state index in [2.05, 4.69) is 10.3 Å². The summed E-state index contributed by atoms with van der Waals surface area (Å²) >= 11 is 1.24. The van der Waals surface area contributed by atoms with Gasteiger partial charge in [-0.3, -0.25) is 18.7 Å². The number of carbonyl (C=O) groups is 1. The molecular formula is C24H25N5O3S. The maximum Gasteiger partial charge on any atom is 0.332 e. The van der Waals surface area contributed by atoms with Crippen LogP contribution in [0.25, 0.3) is 11.2 Å². The number of hydrogen-bond donors (Lipinski definition) is 1. The van der Waals surface area contributed by atoms with E-state index in [4.69, 9.17) is 0 Å². The first-order valence-corrected chi connectivity index (χ1v) is 11.5. The number of thioether (sulfide) groups is 1. The first-order chi connectivity index (χ1) is 15.8. The standard InChI is InChI=1S/C24H25N5O3S/c1-15-9-8-10-16(2)19(15)25-18(30)14-33-23-26-21-20(22(31)28(4)24(32)27(21)3)29(23)13-17-11-6-5-7-12-17/h5-12H,13-14H2,1-4H3,(H,25,30). The van der Waals surface area contributed by atoms with E-state index >= 15 is 0 Å². The van der Waals surface area contributed by atoms with Gasteiger partial charge in [0.1, 0.15) is 0 Å². The second-order valence-corrected chi connectivity index (χ2v) is 8.89. The maximum absolute atomic E-state index is 13.0. The molecule has 9 heteroatoms. The summed E-state index contributed by atoms with van der Waals surface area (Å²) in [5.41, 5.74) is 3.54. The minimum absolute atomic E-state index is 0.111. The SMILES string of the molecule is Cc1cccc(C)c1NC(=O)CSc1nc2c(c(=O)n(C)c(=O)n2C)n1Cc1ccccc1. The lowest BCUT2D eigenvalue weighted by Crippen LogP contribution is -2.37. The summed E-state index contributed by atoms with van der Waals surface area (Å²) in [7, 11) is 3.04. The molecular weight excluding hydrogens is 438 g/mol. The van der Waals surface area contributed by atoms with Crippen molar-refractivity contribution in [3.05, 3.63) is 86.1 Å². The van der Waals surface area contributed by atoms with Crippen molar-refractivity contribution < 1.29 is 4.79 Å². The van der Waals surface area contributed by atoms with Gasteiger partial charge in [0.25, 0.3) is 5.56 Å². The van der Waals surface area contributed by atoms with Crippen molar-refractivity contribution in [1.29, 1.82) is 0 Å². The summed E-state index contributed by atoms with van der Waals surface area (Å²) in [4.78, 5) is 42.7. The molecule has 2 heterocycles. The molecule has 2 aromatic carbocycles. The summed E-state index contributed by atoms with van der Waals surface area (Å²) < 4.78 is 4.22. The van der Waals surface area contributed by atoms with Crippen molar-refractivity contribution in [2.45, 2.75) is 25.5 Å². The van der Waals surface area contributed by atoms with Crippen LogP contribution in [0.1, 0.15) is 16.7 Å². The Morgan fingerprint density at radius 1 is 0.970 bits per heavy atom. The van der Waals surface area contributed by atoms with Crippen molar-refractivity contribution in [3.63, 3.8) is 0 Å². The van der Waals surface area contributed by atoms with Gasteiger partial charge < -0.3 is 9.88 Å². The van der Waals surface area contributed by atoms with Gasteiger partial charge in [0.15, 0.2) is 16.3 Å². The number of aryl methyl sites for hydroxylation is 3. The van der Waals surface area contributed by atoms with E-state index in [1.807, 2.05) is 62.4 Å². The largest absolute Gasteiger partial charge is 0.332 e. The van der Waals surface area contributed by atoms with Crippen molar-refractivity contribution in [2.24, 2.45) is 14.1 Å². The van der Waals surface area contributed by atoms with Crippen LogP contribution in [0.4, 0.5) is 5.69 Å². The number of benzene rings is 2. The van der Waals surface area contributed by atoms with Crippen molar-refractivity contribution in [3.8, 4) is 0 Å². The Bertz CT molecular complexity index is 1450. The first kappa shape index (κ1) is 22.6. The van der Waals surface area contributed by atoms with Crippen LogP contribution in [0.15, 0.2) is 63.3 Å². The van der Waals surface area contributed by atoms with E-state index in [1.54, 1.807) is 11.6 Å². The van der Waals surface area contributed by atoms with Crippen LogP contribution in [-0.2, 0) is 25.4 Å². The molecule has 0 atom stereocenters. The fraction of sp³-hybridized carbons (Fsp3) is 0.250. The average molecular weight is 464 g/mol. The molecule has 170 valence electrons. The molecule has 0 radical (unpaired) electrons. The number of para-hydroxylation sites is 1. The number of nitrogens with one attached hydrogen (secondary N) is 1. The molecule has 0 aliphatic rings. The van der Waals surface area contributed by atoms with Crippen LogP contribution in [0.3, 0.4) is 0 Å². The lowest BCUT2D eigenvalue weighted by atomic mass is 10.1. The minimum Gasteiger partial charge on any atom is -0.325 e. The second kappa shape index (κ2) is 9.11. The van der Waals surface area contributed by atoms with Gasteiger partial charge in [-0.1, -0.05) is 60.3 Å². The predicted molar refractivity (Wildman–Crippen MR) is 131 cm³/mol. The summed E-state index contributed by atoms with van der Waals surface area (Å²) in [5.74, 6) is -0.0577. The summed E-state index contributed by atoms with van der Waals surface area (Å²) in [5, 5.41) is 3.48. The van der Waals surface area contributed by atoms with E-state index < -0.39 is 11.2 Å². The van der Waals surface area contributed by atoms with Crippen LogP contribution < -0.4 is 16.6 Å². The smallest absolute Gasteiger partial charge is 0.325 e. The van der Waals surface area contributed by atoms with Gasteiger partial charge in [0.2, 0.25) is 5.91 Å². The highest BCUT2D eigenvalue weighted by Gasteiger charge is 2.20. The minimum atomic E-state index is -0.443. The van der Waals surface area contributed by atoms with Gasteiger partial charge in [0, 0.05) is 19.8 Å². The summed E-state index contributed by atoms with van der Waals surface area (Å²) in [6.07, 6.45) is 0.